The van der Waals surface area contributed by atoms with Crippen LogP contribution >= 0.6 is 0 Å². The molecule has 3 aliphatic heterocycles. The zero-order chi connectivity index (χ0) is 11.1. The Labute approximate surface area is 98.7 Å². The van der Waals surface area contributed by atoms with Gasteiger partial charge in [0.2, 0.25) is 0 Å². The molecule has 0 saturated carbocycles. The molecule has 0 aliphatic carbocycles. The summed E-state index contributed by atoms with van der Waals surface area (Å²) in [6, 6.07) is 0. The smallest absolute Gasteiger partial charge is 0.0261 e. The Hall–Kier alpha value is -0.160. The van der Waals surface area contributed by atoms with E-state index in [9.17, 15) is 0 Å². The summed E-state index contributed by atoms with van der Waals surface area (Å²) in [5, 5.41) is 5.23. The molecule has 92 valence electrons. The van der Waals surface area contributed by atoms with Crippen LogP contribution in [-0.2, 0) is 0 Å². The fourth-order valence-electron chi connectivity index (χ4n) is 3.51. The van der Waals surface area contributed by atoms with Gasteiger partial charge in [0.15, 0.2) is 0 Å². The Bertz CT molecular complexity index is 235. The van der Waals surface area contributed by atoms with Crippen LogP contribution in [-0.4, -0.2) is 86.3 Å². The molecule has 0 bridgehead atoms. The second kappa shape index (κ2) is 4.26. The Balaban J connectivity index is 1.55. The summed E-state index contributed by atoms with van der Waals surface area (Å²) in [6.45, 7) is 10.1. The average Bonchev–Trinajstić information content (AvgIpc) is 2.75. The molecule has 0 aromatic carbocycles. The van der Waals surface area contributed by atoms with Crippen molar-refractivity contribution in [2.24, 2.45) is 11.8 Å². The number of hydrogen-bond acceptors (Lipinski definition) is 4. The Morgan fingerprint density at radius 1 is 0.625 bits per heavy atom. The van der Waals surface area contributed by atoms with Gasteiger partial charge in [-0.15, -0.1) is 0 Å². The SMILES string of the molecule is CN1CCN(N2C[C@H]3CN(C)C[C@H]3C2)CC1. The van der Waals surface area contributed by atoms with E-state index >= 15 is 0 Å². The summed E-state index contributed by atoms with van der Waals surface area (Å²) in [6.07, 6.45) is 0. The first-order valence-electron chi connectivity index (χ1n) is 6.59. The maximum atomic E-state index is 2.63. The molecule has 0 amide bonds. The Morgan fingerprint density at radius 3 is 1.75 bits per heavy atom. The number of likely N-dealkylation sites (tertiary alicyclic amines) is 1. The van der Waals surface area contributed by atoms with Crippen molar-refractivity contribution in [3.63, 3.8) is 0 Å². The van der Waals surface area contributed by atoms with Crippen molar-refractivity contribution in [2.75, 3.05) is 66.5 Å². The minimum atomic E-state index is 0.935. The van der Waals surface area contributed by atoms with Gasteiger partial charge in [-0.1, -0.05) is 0 Å². The average molecular weight is 224 g/mol. The van der Waals surface area contributed by atoms with E-state index < -0.39 is 0 Å². The van der Waals surface area contributed by atoms with E-state index in [0.717, 1.165) is 11.8 Å². The zero-order valence-electron chi connectivity index (χ0n) is 10.6. The maximum absolute atomic E-state index is 2.63. The van der Waals surface area contributed by atoms with Crippen molar-refractivity contribution in [2.45, 2.75) is 0 Å². The van der Waals surface area contributed by atoms with Crippen molar-refractivity contribution in [3.05, 3.63) is 0 Å². The molecule has 4 nitrogen and oxygen atoms in total. The Kier molecular flexibility index (Phi) is 2.92. The molecule has 3 heterocycles. The number of likely N-dealkylation sites (N-methyl/N-ethyl adjacent to an activating group) is 1. The van der Waals surface area contributed by atoms with Crippen LogP contribution < -0.4 is 0 Å². The lowest BCUT2D eigenvalue weighted by molar-refractivity contribution is -0.0425. The molecule has 3 fully saturated rings. The molecule has 0 unspecified atom stereocenters. The van der Waals surface area contributed by atoms with Crippen LogP contribution in [0.25, 0.3) is 0 Å². The number of hydrazine groups is 1. The summed E-state index contributed by atoms with van der Waals surface area (Å²) in [5.74, 6) is 1.87. The van der Waals surface area contributed by atoms with Gasteiger partial charge >= 0.3 is 0 Å². The molecule has 3 rings (SSSR count). The lowest BCUT2D eigenvalue weighted by Crippen LogP contribution is -2.52. The van der Waals surface area contributed by atoms with Crippen LogP contribution in [0.15, 0.2) is 0 Å². The highest BCUT2D eigenvalue weighted by molar-refractivity contribution is 4.91. The summed E-state index contributed by atoms with van der Waals surface area (Å²) >= 11 is 0. The van der Waals surface area contributed by atoms with E-state index in [-0.39, 0.29) is 0 Å². The van der Waals surface area contributed by atoms with Crippen LogP contribution in [0.3, 0.4) is 0 Å². The van der Waals surface area contributed by atoms with Crippen LogP contribution in [0.1, 0.15) is 0 Å². The highest BCUT2D eigenvalue weighted by Gasteiger charge is 2.40. The monoisotopic (exact) mass is 224 g/mol. The molecular formula is C12H24N4. The third kappa shape index (κ3) is 1.99. The van der Waals surface area contributed by atoms with Gasteiger partial charge in [0.05, 0.1) is 0 Å². The zero-order valence-corrected chi connectivity index (χ0v) is 10.6. The molecule has 3 aliphatic rings. The van der Waals surface area contributed by atoms with Gasteiger partial charge in [-0.05, 0) is 25.9 Å². The van der Waals surface area contributed by atoms with E-state index in [1.807, 2.05) is 0 Å². The van der Waals surface area contributed by atoms with E-state index in [1.54, 1.807) is 0 Å². The largest absolute Gasteiger partial charge is 0.306 e. The third-order valence-corrected chi connectivity index (χ3v) is 4.53. The van der Waals surface area contributed by atoms with Gasteiger partial charge in [-0.3, -0.25) is 0 Å². The molecule has 0 radical (unpaired) electrons. The first-order valence-corrected chi connectivity index (χ1v) is 6.59. The van der Waals surface area contributed by atoms with Crippen LogP contribution in [0.4, 0.5) is 0 Å². The number of piperazine rings is 1. The highest BCUT2D eigenvalue weighted by atomic mass is 15.6. The van der Waals surface area contributed by atoms with Crippen molar-refractivity contribution in [3.8, 4) is 0 Å². The molecule has 4 heteroatoms. The summed E-state index contributed by atoms with van der Waals surface area (Å²) in [7, 11) is 4.49. The van der Waals surface area contributed by atoms with E-state index in [2.05, 4.69) is 33.9 Å². The molecule has 0 aromatic rings. The Morgan fingerprint density at radius 2 is 1.19 bits per heavy atom. The van der Waals surface area contributed by atoms with E-state index in [1.165, 1.54) is 52.4 Å². The minimum absolute atomic E-state index is 0.935. The minimum Gasteiger partial charge on any atom is -0.306 e. The summed E-state index contributed by atoms with van der Waals surface area (Å²) in [5.41, 5.74) is 0. The van der Waals surface area contributed by atoms with E-state index in [4.69, 9.17) is 0 Å². The molecule has 16 heavy (non-hydrogen) atoms. The number of fused-ring (bicyclic) bond motifs is 1. The van der Waals surface area contributed by atoms with Crippen molar-refractivity contribution >= 4 is 0 Å². The molecule has 0 N–H and O–H groups in total. The third-order valence-electron chi connectivity index (χ3n) is 4.53. The van der Waals surface area contributed by atoms with E-state index in [0.29, 0.717) is 0 Å². The predicted octanol–water partition coefficient (Wildman–Crippen LogP) is -0.358. The second-order valence-corrected chi connectivity index (χ2v) is 5.87. The molecule has 2 atom stereocenters. The second-order valence-electron chi connectivity index (χ2n) is 5.87. The standard InChI is InChI=1S/C12H24N4/c1-13-3-5-15(6-4-13)16-9-11-7-14(2)8-12(11)10-16/h11-12H,3-10H2,1-2H3/t11-,12+. The van der Waals surface area contributed by atoms with Crippen LogP contribution in [0.2, 0.25) is 0 Å². The quantitative estimate of drug-likeness (QED) is 0.603. The van der Waals surface area contributed by atoms with Gasteiger partial charge < -0.3 is 9.80 Å². The van der Waals surface area contributed by atoms with Gasteiger partial charge in [0, 0.05) is 52.4 Å². The lowest BCUT2D eigenvalue weighted by Gasteiger charge is -2.38. The van der Waals surface area contributed by atoms with Gasteiger partial charge in [0.25, 0.3) is 0 Å². The molecule has 0 spiro atoms. The summed E-state index contributed by atoms with van der Waals surface area (Å²) < 4.78 is 0. The molecular weight excluding hydrogens is 200 g/mol. The van der Waals surface area contributed by atoms with Crippen molar-refractivity contribution in [1.29, 1.82) is 0 Å². The maximum Gasteiger partial charge on any atom is 0.0261 e. The highest BCUT2D eigenvalue weighted by Crippen LogP contribution is 2.31. The molecule has 0 aromatic heterocycles. The van der Waals surface area contributed by atoms with Gasteiger partial charge in [0.1, 0.15) is 0 Å². The number of hydrogen-bond donors (Lipinski definition) is 0. The lowest BCUT2D eigenvalue weighted by atomic mass is 10.0. The number of rotatable bonds is 1. The first kappa shape index (κ1) is 11.0. The molecule has 3 saturated heterocycles. The fraction of sp³-hybridized carbons (Fsp3) is 1.00. The van der Waals surface area contributed by atoms with Crippen LogP contribution in [0, 0.1) is 11.8 Å². The van der Waals surface area contributed by atoms with Crippen molar-refractivity contribution < 1.29 is 0 Å². The van der Waals surface area contributed by atoms with Gasteiger partial charge in [-0.2, -0.15) is 0 Å². The first-order chi connectivity index (χ1) is 7.72. The summed E-state index contributed by atoms with van der Waals surface area (Å²) in [4.78, 5) is 4.93. The van der Waals surface area contributed by atoms with Crippen molar-refractivity contribution in [1.82, 2.24) is 19.8 Å². The fourth-order valence-corrected chi connectivity index (χ4v) is 3.51. The van der Waals surface area contributed by atoms with Crippen LogP contribution in [0.5, 0.6) is 0 Å². The van der Waals surface area contributed by atoms with Gasteiger partial charge in [-0.25, -0.2) is 10.0 Å². The number of nitrogens with zero attached hydrogens (tertiary/aromatic N) is 4. The normalized spacial score (nSPS) is 39.4. The predicted molar refractivity (Wildman–Crippen MR) is 65.1 cm³/mol. The topological polar surface area (TPSA) is 13.0 Å².